The molecule has 5 heteroatoms. The van der Waals surface area contributed by atoms with E-state index in [1.165, 1.54) is 0 Å². The summed E-state index contributed by atoms with van der Waals surface area (Å²) in [5, 5.41) is 6.73. The van der Waals surface area contributed by atoms with E-state index < -0.39 is 0 Å². The topological polar surface area (TPSA) is 50.4 Å². The van der Waals surface area contributed by atoms with Crippen LogP contribution in [0.2, 0.25) is 0 Å². The molecule has 0 aromatic heterocycles. The lowest BCUT2D eigenvalue weighted by Gasteiger charge is -2.15. The van der Waals surface area contributed by atoms with E-state index in [4.69, 9.17) is 17.0 Å². The molecule has 0 amide bonds. The van der Waals surface area contributed by atoms with Crippen LogP contribution in [0, 0.1) is 6.92 Å². The molecule has 0 aliphatic carbocycles. The van der Waals surface area contributed by atoms with Crippen molar-refractivity contribution < 1.29 is 9.53 Å². The van der Waals surface area contributed by atoms with Gasteiger partial charge in [-0.05, 0) is 57.6 Å². The number of rotatable bonds is 4. The fourth-order valence-electron chi connectivity index (χ4n) is 1.52. The van der Waals surface area contributed by atoms with Gasteiger partial charge in [-0.1, -0.05) is 6.07 Å². The summed E-state index contributed by atoms with van der Waals surface area (Å²) >= 11 is 5.19. The van der Waals surface area contributed by atoms with Gasteiger partial charge in [-0.25, -0.2) is 4.79 Å². The molecule has 0 heterocycles. The molecule has 0 spiro atoms. The second-order valence-corrected chi connectivity index (χ2v) is 4.91. The van der Waals surface area contributed by atoms with Gasteiger partial charge >= 0.3 is 5.97 Å². The molecule has 1 rings (SSSR count). The number of carbonyl (C=O) groups excluding carboxylic acids is 1. The van der Waals surface area contributed by atoms with E-state index in [-0.39, 0.29) is 12.0 Å². The number of hydrogen-bond donors (Lipinski definition) is 2. The maximum atomic E-state index is 11.7. The molecule has 0 saturated carbocycles. The first kappa shape index (κ1) is 15.4. The lowest BCUT2D eigenvalue weighted by molar-refractivity contribution is 0.0526. The number of hydrogen-bond acceptors (Lipinski definition) is 3. The minimum atomic E-state index is -0.326. The average Bonchev–Trinajstić information content (AvgIpc) is 2.31. The van der Waals surface area contributed by atoms with Crippen LogP contribution in [-0.2, 0) is 4.74 Å². The van der Waals surface area contributed by atoms with Crippen molar-refractivity contribution in [1.29, 1.82) is 0 Å². The highest BCUT2D eigenvalue weighted by Crippen LogP contribution is 2.17. The van der Waals surface area contributed by atoms with E-state index >= 15 is 0 Å². The molecule has 1 aromatic rings. The van der Waals surface area contributed by atoms with Crippen molar-refractivity contribution in [2.45, 2.75) is 33.7 Å². The van der Waals surface area contributed by atoms with Crippen molar-refractivity contribution in [3.63, 3.8) is 0 Å². The molecule has 19 heavy (non-hydrogen) atoms. The first-order chi connectivity index (χ1) is 8.93. The summed E-state index contributed by atoms with van der Waals surface area (Å²) in [7, 11) is 0. The molecule has 2 N–H and O–H groups in total. The Labute approximate surface area is 119 Å². The van der Waals surface area contributed by atoms with Gasteiger partial charge in [0.05, 0.1) is 12.2 Å². The Kier molecular flexibility index (Phi) is 5.76. The molecule has 4 nitrogen and oxygen atoms in total. The highest BCUT2D eigenvalue weighted by Gasteiger charge is 2.09. The van der Waals surface area contributed by atoms with Gasteiger partial charge in [0.15, 0.2) is 5.11 Å². The van der Waals surface area contributed by atoms with Crippen molar-refractivity contribution in [3.8, 4) is 0 Å². The fraction of sp³-hybridized carbons (Fsp3) is 0.429. The van der Waals surface area contributed by atoms with Crippen LogP contribution in [-0.4, -0.2) is 23.7 Å². The Hall–Kier alpha value is -1.62. The number of aryl methyl sites for hydroxylation is 1. The molecule has 0 aliphatic heterocycles. The van der Waals surface area contributed by atoms with Crippen molar-refractivity contribution in [3.05, 3.63) is 29.3 Å². The standard InChI is InChI=1S/C14H20N2O2S/c1-5-18-13(17)11-7-6-10(4)12(8-11)16-14(19)15-9(2)3/h6-9H,5H2,1-4H3,(H2,15,16,19). The lowest BCUT2D eigenvalue weighted by Crippen LogP contribution is -2.34. The first-order valence-electron chi connectivity index (χ1n) is 6.29. The van der Waals surface area contributed by atoms with E-state index in [0.29, 0.717) is 17.3 Å². The van der Waals surface area contributed by atoms with E-state index in [0.717, 1.165) is 11.3 Å². The summed E-state index contributed by atoms with van der Waals surface area (Å²) in [6.07, 6.45) is 0. The predicted octanol–water partition coefficient (Wildman–Crippen LogP) is 2.87. The summed E-state index contributed by atoms with van der Waals surface area (Å²) in [4.78, 5) is 11.7. The number of nitrogens with one attached hydrogen (secondary N) is 2. The monoisotopic (exact) mass is 280 g/mol. The van der Waals surface area contributed by atoms with E-state index in [1.54, 1.807) is 19.1 Å². The number of esters is 1. The number of thiocarbonyl (C=S) groups is 1. The zero-order valence-electron chi connectivity index (χ0n) is 11.7. The van der Waals surface area contributed by atoms with Gasteiger partial charge in [0.25, 0.3) is 0 Å². The van der Waals surface area contributed by atoms with Crippen LogP contribution < -0.4 is 10.6 Å². The molecule has 0 unspecified atom stereocenters. The van der Waals surface area contributed by atoms with Gasteiger partial charge in [-0.3, -0.25) is 0 Å². The molecular weight excluding hydrogens is 260 g/mol. The summed E-state index contributed by atoms with van der Waals surface area (Å²) in [6.45, 7) is 8.12. The van der Waals surface area contributed by atoms with Gasteiger partial charge in [0.2, 0.25) is 0 Å². The quantitative estimate of drug-likeness (QED) is 0.656. The van der Waals surface area contributed by atoms with Crippen LogP contribution >= 0.6 is 12.2 Å². The van der Waals surface area contributed by atoms with Crippen LogP contribution in [0.4, 0.5) is 5.69 Å². The molecule has 0 fully saturated rings. The second kappa shape index (κ2) is 7.09. The summed E-state index contributed by atoms with van der Waals surface area (Å²) < 4.78 is 4.98. The summed E-state index contributed by atoms with van der Waals surface area (Å²) in [6, 6.07) is 5.62. The van der Waals surface area contributed by atoms with Crippen LogP contribution in [0.5, 0.6) is 0 Å². The summed E-state index contributed by atoms with van der Waals surface area (Å²) in [5.41, 5.74) is 2.34. The third kappa shape index (κ3) is 4.87. The Balaban J connectivity index is 2.85. The minimum Gasteiger partial charge on any atom is -0.462 e. The summed E-state index contributed by atoms with van der Waals surface area (Å²) in [5.74, 6) is -0.326. The normalized spacial score (nSPS) is 10.2. The predicted molar refractivity (Wildman–Crippen MR) is 81.6 cm³/mol. The molecule has 104 valence electrons. The lowest BCUT2D eigenvalue weighted by atomic mass is 10.1. The first-order valence-corrected chi connectivity index (χ1v) is 6.70. The van der Waals surface area contributed by atoms with Crippen LogP contribution in [0.1, 0.15) is 36.7 Å². The van der Waals surface area contributed by atoms with Crippen LogP contribution in [0.25, 0.3) is 0 Å². The SMILES string of the molecule is CCOC(=O)c1ccc(C)c(NC(=S)NC(C)C)c1. The van der Waals surface area contributed by atoms with E-state index in [1.807, 2.05) is 26.8 Å². The van der Waals surface area contributed by atoms with Gasteiger partial charge in [-0.2, -0.15) is 0 Å². The zero-order valence-corrected chi connectivity index (χ0v) is 12.6. The molecule has 0 saturated heterocycles. The van der Waals surface area contributed by atoms with Gasteiger partial charge < -0.3 is 15.4 Å². The third-order valence-electron chi connectivity index (χ3n) is 2.42. The zero-order chi connectivity index (χ0) is 14.4. The number of carbonyl (C=O) groups is 1. The van der Waals surface area contributed by atoms with Crippen molar-refractivity contribution in [1.82, 2.24) is 5.32 Å². The highest BCUT2D eigenvalue weighted by molar-refractivity contribution is 7.80. The largest absolute Gasteiger partial charge is 0.462 e. The van der Waals surface area contributed by atoms with Crippen LogP contribution in [0.3, 0.4) is 0 Å². The van der Waals surface area contributed by atoms with Crippen molar-refractivity contribution >= 4 is 29.0 Å². The Morgan fingerprint density at radius 2 is 2.11 bits per heavy atom. The third-order valence-corrected chi connectivity index (χ3v) is 2.64. The molecule has 0 atom stereocenters. The number of benzene rings is 1. The maximum Gasteiger partial charge on any atom is 0.338 e. The van der Waals surface area contributed by atoms with Crippen molar-refractivity contribution in [2.75, 3.05) is 11.9 Å². The second-order valence-electron chi connectivity index (χ2n) is 4.50. The molecule has 0 radical (unpaired) electrons. The Bertz CT molecular complexity index is 473. The number of anilines is 1. The molecule has 1 aromatic carbocycles. The van der Waals surface area contributed by atoms with Gasteiger partial charge in [0.1, 0.15) is 0 Å². The van der Waals surface area contributed by atoms with E-state index in [9.17, 15) is 4.79 Å². The highest BCUT2D eigenvalue weighted by atomic mass is 32.1. The Morgan fingerprint density at radius 1 is 1.42 bits per heavy atom. The van der Waals surface area contributed by atoms with Gasteiger partial charge in [0, 0.05) is 11.7 Å². The molecule has 0 bridgehead atoms. The van der Waals surface area contributed by atoms with Crippen molar-refractivity contribution in [2.24, 2.45) is 0 Å². The smallest absolute Gasteiger partial charge is 0.338 e. The van der Waals surface area contributed by atoms with Crippen LogP contribution in [0.15, 0.2) is 18.2 Å². The number of ether oxygens (including phenoxy) is 1. The molecule has 0 aliphatic rings. The van der Waals surface area contributed by atoms with Gasteiger partial charge in [-0.15, -0.1) is 0 Å². The van der Waals surface area contributed by atoms with E-state index in [2.05, 4.69) is 10.6 Å². The molecular formula is C14H20N2O2S. The average molecular weight is 280 g/mol. The fourth-order valence-corrected chi connectivity index (χ4v) is 1.86. The minimum absolute atomic E-state index is 0.258. The Morgan fingerprint density at radius 3 is 2.68 bits per heavy atom. The maximum absolute atomic E-state index is 11.7.